The summed E-state index contributed by atoms with van der Waals surface area (Å²) in [4.78, 5) is -0.0138. The van der Waals surface area contributed by atoms with E-state index < -0.39 is 10.0 Å². The Morgan fingerprint density at radius 3 is 2.45 bits per heavy atom. The first-order chi connectivity index (χ1) is 9.42. The lowest BCUT2D eigenvalue weighted by Gasteiger charge is -2.08. The molecular weight excluding hydrogens is 325 g/mol. The van der Waals surface area contributed by atoms with Crippen LogP contribution in [0.5, 0.6) is 5.75 Å². The molecule has 0 aliphatic carbocycles. The van der Waals surface area contributed by atoms with Gasteiger partial charge in [0, 0.05) is 0 Å². The summed E-state index contributed by atoms with van der Waals surface area (Å²) in [5.74, 6) is 0.443. The number of sulfonamides is 1. The molecule has 0 aliphatic heterocycles. The number of hydrogen-bond acceptors (Lipinski definition) is 5. The Bertz CT molecular complexity index is 720. The minimum absolute atomic E-state index is 0.0138. The summed E-state index contributed by atoms with van der Waals surface area (Å²) in [7, 11) is -2.37. The summed E-state index contributed by atoms with van der Waals surface area (Å²) >= 11 is 11.5. The zero-order valence-electron chi connectivity index (χ0n) is 10.2. The van der Waals surface area contributed by atoms with Crippen molar-refractivity contribution in [3.05, 3.63) is 40.5 Å². The van der Waals surface area contributed by atoms with Crippen LogP contribution >= 0.6 is 23.2 Å². The first kappa shape index (κ1) is 14.8. The van der Waals surface area contributed by atoms with Gasteiger partial charge in [-0.1, -0.05) is 23.2 Å². The first-order valence-electron chi connectivity index (χ1n) is 5.28. The third-order valence-corrected chi connectivity index (χ3v) is 4.15. The van der Waals surface area contributed by atoms with Gasteiger partial charge < -0.3 is 4.74 Å². The van der Waals surface area contributed by atoms with Crippen LogP contribution in [0.2, 0.25) is 10.2 Å². The molecular formula is C11H9Cl2N3O3S. The predicted octanol–water partition coefficient (Wildman–Crippen LogP) is 2.59. The fourth-order valence-electron chi connectivity index (χ4n) is 1.38. The highest BCUT2D eigenvalue weighted by Gasteiger charge is 2.17. The van der Waals surface area contributed by atoms with E-state index in [0.717, 1.165) is 0 Å². The third-order valence-electron chi connectivity index (χ3n) is 2.30. The second-order valence-corrected chi connectivity index (χ2v) is 6.12. The van der Waals surface area contributed by atoms with Crippen LogP contribution in [0.1, 0.15) is 0 Å². The van der Waals surface area contributed by atoms with Gasteiger partial charge in [-0.3, -0.25) is 4.72 Å². The normalized spacial score (nSPS) is 11.2. The molecule has 1 N–H and O–H groups in total. The van der Waals surface area contributed by atoms with Crippen LogP contribution in [-0.4, -0.2) is 25.7 Å². The maximum atomic E-state index is 12.1. The average molecular weight is 334 g/mol. The van der Waals surface area contributed by atoms with Gasteiger partial charge in [0.05, 0.1) is 17.0 Å². The van der Waals surface area contributed by atoms with Crippen LogP contribution in [0.15, 0.2) is 35.2 Å². The Hall–Kier alpha value is -1.57. The molecule has 0 spiro atoms. The molecule has 0 aliphatic rings. The Morgan fingerprint density at radius 2 is 1.90 bits per heavy atom. The van der Waals surface area contributed by atoms with E-state index in [4.69, 9.17) is 27.9 Å². The first-order valence-corrected chi connectivity index (χ1v) is 7.52. The van der Waals surface area contributed by atoms with Crippen molar-refractivity contribution in [2.24, 2.45) is 0 Å². The van der Waals surface area contributed by atoms with E-state index in [2.05, 4.69) is 14.9 Å². The Morgan fingerprint density at radius 1 is 1.15 bits per heavy atom. The molecule has 1 aromatic heterocycles. The van der Waals surface area contributed by atoms with Gasteiger partial charge in [-0.05, 0) is 30.3 Å². The zero-order chi connectivity index (χ0) is 14.8. The molecule has 0 bridgehead atoms. The zero-order valence-corrected chi connectivity index (χ0v) is 12.5. The van der Waals surface area contributed by atoms with Crippen molar-refractivity contribution >= 4 is 39.0 Å². The average Bonchev–Trinajstić information content (AvgIpc) is 2.41. The lowest BCUT2D eigenvalue weighted by molar-refractivity contribution is 0.414. The largest absolute Gasteiger partial charge is 0.495 e. The van der Waals surface area contributed by atoms with Gasteiger partial charge in [0.15, 0.2) is 11.0 Å². The van der Waals surface area contributed by atoms with Crippen molar-refractivity contribution in [1.29, 1.82) is 0 Å². The Labute approximate surface area is 125 Å². The molecule has 9 heteroatoms. The second kappa shape index (κ2) is 5.82. The second-order valence-electron chi connectivity index (χ2n) is 3.64. The predicted molar refractivity (Wildman–Crippen MR) is 75.9 cm³/mol. The fourth-order valence-corrected chi connectivity index (χ4v) is 2.83. The van der Waals surface area contributed by atoms with Crippen molar-refractivity contribution in [1.82, 2.24) is 10.2 Å². The van der Waals surface area contributed by atoms with E-state index in [1.54, 1.807) is 0 Å². The van der Waals surface area contributed by atoms with Crippen LogP contribution in [0.4, 0.5) is 5.82 Å². The number of nitrogens with one attached hydrogen (secondary N) is 1. The maximum Gasteiger partial charge on any atom is 0.263 e. The summed E-state index contributed by atoms with van der Waals surface area (Å²) in [6.07, 6.45) is 0. The lowest BCUT2D eigenvalue weighted by Crippen LogP contribution is -2.14. The van der Waals surface area contributed by atoms with E-state index in [-0.39, 0.29) is 20.9 Å². The van der Waals surface area contributed by atoms with Gasteiger partial charge in [-0.2, -0.15) is 0 Å². The van der Waals surface area contributed by atoms with E-state index in [1.165, 1.54) is 37.4 Å². The molecule has 0 amide bonds. The number of benzene rings is 1. The number of ether oxygens (including phenoxy) is 1. The number of hydrogen-bond donors (Lipinski definition) is 1. The lowest BCUT2D eigenvalue weighted by atomic mass is 10.3. The topological polar surface area (TPSA) is 81.2 Å². The summed E-state index contributed by atoms with van der Waals surface area (Å²) in [5, 5.41) is 7.52. The molecule has 0 atom stereocenters. The van der Waals surface area contributed by atoms with Gasteiger partial charge in [-0.25, -0.2) is 8.42 Å². The molecule has 0 fully saturated rings. The summed E-state index contributed by atoms with van der Waals surface area (Å²) in [6.45, 7) is 0. The highest BCUT2D eigenvalue weighted by atomic mass is 35.5. The summed E-state index contributed by atoms with van der Waals surface area (Å²) in [6, 6.07) is 6.94. The monoisotopic (exact) mass is 333 g/mol. The maximum absolute atomic E-state index is 12.1. The standard InChI is InChI=1S/C11H9Cl2N3O3S/c1-19-9-3-2-7(6-8(9)12)20(17,18)16-11-5-4-10(13)14-15-11/h2-6H,1H3,(H,15,16). The molecule has 2 aromatic rings. The molecule has 0 saturated heterocycles. The Kier molecular flexibility index (Phi) is 4.32. The number of nitrogens with zero attached hydrogens (tertiary/aromatic N) is 2. The molecule has 1 heterocycles. The molecule has 0 unspecified atom stereocenters. The number of anilines is 1. The molecule has 0 saturated carbocycles. The number of aromatic nitrogens is 2. The van der Waals surface area contributed by atoms with Crippen LogP contribution in [-0.2, 0) is 10.0 Å². The number of halogens is 2. The minimum atomic E-state index is -3.81. The Balaban J connectivity index is 2.30. The summed E-state index contributed by atoms with van der Waals surface area (Å²) in [5.41, 5.74) is 0. The van der Waals surface area contributed by atoms with Crippen LogP contribution < -0.4 is 9.46 Å². The van der Waals surface area contributed by atoms with Gasteiger partial charge >= 0.3 is 0 Å². The van der Waals surface area contributed by atoms with Crippen molar-refractivity contribution in [3.63, 3.8) is 0 Å². The quantitative estimate of drug-likeness (QED) is 0.929. The van der Waals surface area contributed by atoms with E-state index in [1.807, 2.05) is 0 Å². The van der Waals surface area contributed by atoms with Gasteiger partial charge in [0.1, 0.15) is 5.75 Å². The van der Waals surface area contributed by atoms with Gasteiger partial charge in [-0.15, -0.1) is 10.2 Å². The number of rotatable bonds is 4. The van der Waals surface area contributed by atoms with Crippen LogP contribution in [0.25, 0.3) is 0 Å². The van der Waals surface area contributed by atoms with Gasteiger partial charge in [0.25, 0.3) is 10.0 Å². The van der Waals surface area contributed by atoms with E-state index >= 15 is 0 Å². The molecule has 6 nitrogen and oxygen atoms in total. The third kappa shape index (κ3) is 3.30. The summed E-state index contributed by atoms with van der Waals surface area (Å²) < 4.78 is 31.5. The molecule has 106 valence electrons. The minimum Gasteiger partial charge on any atom is -0.495 e. The smallest absolute Gasteiger partial charge is 0.263 e. The molecule has 0 radical (unpaired) electrons. The number of methoxy groups -OCH3 is 1. The SMILES string of the molecule is COc1ccc(S(=O)(=O)Nc2ccc(Cl)nn2)cc1Cl. The van der Waals surface area contributed by atoms with Crippen molar-refractivity contribution < 1.29 is 13.2 Å². The highest BCUT2D eigenvalue weighted by molar-refractivity contribution is 7.92. The van der Waals surface area contributed by atoms with Crippen molar-refractivity contribution in [2.75, 3.05) is 11.8 Å². The van der Waals surface area contributed by atoms with Gasteiger partial charge in [0.2, 0.25) is 0 Å². The van der Waals surface area contributed by atoms with Crippen molar-refractivity contribution in [2.45, 2.75) is 4.90 Å². The van der Waals surface area contributed by atoms with E-state index in [0.29, 0.717) is 5.75 Å². The molecule has 2 rings (SSSR count). The fraction of sp³-hybridized carbons (Fsp3) is 0.0909. The highest BCUT2D eigenvalue weighted by Crippen LogP contribution is 2.27. The van der Waals surface area contributed by atoms with Crippen molar-refractivity contribution in [3.8, 4) is 5.75 Å². The van der Waals surface area contributed by atoms with Crippen LogP contribution in [0, 0.1) is 0 Å². The molecule has 1 aromatic carbocycles. The van der Waals surface area contributed by atoms with E-state index in [9.17, 15) is 8.42 Å². The van der Waals surface area contributed by atoms with Crippen LogP contribution in [0.3, 0.4) is 0 Å². The molecule has 20 heavy (non-hydrogen) atoms.